The van der Waals surface area contributed by atoms with Crippen LogP contribution >= 0.6 is 0 Å². The number of anilines is 2. The molecule has 0 aliphatic carbocycles. The van der Waals surface area contributed by atoms with E-state index in [-0.39, 0.29) is 11.6 Å². The number of fused-ring (bicyclic) bond motifs is 1. The van der Waals surface area contributed by atoms with Crippen LogP contribution in [0.15, 0.2) is 65.1 Å². The molecule has 0 atom stereocenters. The van der Waals surface area contributed by atoms with Crippen LogP contribution in [0.2, 0.25) is 0 Å². The Morgan fingerprint density at radius 3 is 2.68 bits per heavy atom. The molecule has 2 N–H and O–H groups in total. The average Bonchev–Trinajstić information content (AvgIpc) is 3.16. The van der Waals surface area contributed by atoms with Crippen molar-refractivity contribution >= 4 is 40.4 Å². The summed E-state index contributed by atoms with van der Waals surface area (Å²) in [5.41, 5.74) is 1.41. The lowest BCUT2D eigenvalue weighted by atomic mass is 10.2. The Kier molecular flexibility index (Phi) is 4.43. The van der Waals surface area contributed by atoms with E-state index in [4.69, 9.17) is 4.42 Å². The van der Waals surface area contributed by atoms with Crippen molar-refractivity contribution in [2.45, 2.75) is 0 Å². The topological polar surface area (TPSA) is 114 Å². The molecular weight excluding hydrogens is 360 g/mol. The van der Waals surface area contributed by atoms with E-state index in [1.54, 1.807) is 30.4 Å². The number of phenols is 1. The minimum atomic E-state index is -0.596. The van der Waals surface area contributed by atoms with Crippen LogP contribution in [0.4, 0.5) is 17.4 Å². The van der Waals surface area contributed by atoms with Gasteiger partial charge in [-0.05, 0) is 42.5 Å². The van der Waals surface area contributed by atoms with Crippen LogP contribution in [0, 0.1) is 10.1 Å². The number of benzene rings is 2. The molecule has 0 spiro atoms. The predicted octanol–water partition coefficient (Wildman–Crippen LogP) is 4.75. The molecule has 0 amide bonds. The van der Waals surface area contributed by atoms with E-state index in [9.17, 15) is 15.2 Å². The maximum atomic E-state index is 10.7. The summed E-state index contributed by atoms with van der Waals surface area (Å²) in [5.74, 6) is 1.11. The van der Waals surface area contributed by atoms with Crippen molar-refractivity contribution in [2.75, 3.05) is 5.32 Å². The molecule has 138 valence electrons. The van der Waals surface area contributed by atoms with Crippen molar-refractivity contribution in [2.24, 2.45) is 0 Å². The second-order valence-corrected chi connectivity index (χ2v) is 5.89. The standard InChI is InChI=1S/C20H14N4O4/c25-14-5-3-4-13(12-14)21-20-16-6-1-2-7-17(16)22-18(23-20)10-8-15-9-11-19(28-15)24(26)27/h1-12,25H,(H,21,22,23). The SMILES string of the molecule is O=[N+]([O-])c1ccc(C=Cc2nc(Nc3cccc(O)c3)c3ccccc3n2)o1. The summed E-state index contributed by atoms with van der Waals surface area (Å²) >= 11 is 0. The first kappa shape index (κ1) is 17.2. The highest BCUT2D eigenvalue weighted by atomic mass is 16.6. The number of phenolic OH excluding ortho intramolecular Hbond substituents is 1. The summed E-state index contributed by atoms with van der Waals surface area (Å²) in [7, 11) is 0. The number of furan rings is 1. The summed E-state index contributed by atoms with van der Waals surface area (Å²) in [4.78, 5) is 19.1. The number of nitrogens with one attached hydrogen (secondary N) is 1. The third-order valence-electron chi connectivity index (χ3n) is 3.92. The summed E-state index contributed by atoms with van der Waals surface area (Å²) in [6, 6.07) is 17.0. The normalized spacial score (nSPS) is 11.1. The van der Waals surface area contributed by atoms with E-state index in [0.717, 1.165) is 10.9 Å². The molecule has 8 nitrogen and oxygen atoms in total. The Bertz CT molecular complexity index is 1200. The number of nitrogens with zero attached hydrogens (tertiary/aromatic N) is 3. The van der Waals surface area contributed by atoms with Gasteiger partial charge in [0.15, 0.2) is 5.82 Å². The van der Waals surface area contributed by atoms with Gasteiger partial charge >= 0.3 is 5.88 Å². The van der Waals surface area contributed by atoms with Crippen LogP contribution in [0.5, 0.6) is 5.75 Å². The fourth-order valence-corrected chi connectivity index (χ4v) is 2.67. The minimum Gasteiger partial charge on any atom is -0.508 e. The first-order valence-electron chi connectivity index (χ1n) is 8.34. The van der Waals surface area contributed by atoms with Crippen LogP contribution in [0.25, 0.3) is 23.1 Å². The van der Waals surface area contributed by atoms with Gasteiger partial charge < -0.3 is 14.8 Å². The van der Waals surface area contributed by atoms with Crippen LogP contribution < -0.4 is 5.32 Å². The van der Waals surface area contributed by atoms with Gasteiger partial charge in [-0.25, -0.2) is 9.97 Å². The van der Waals surface area contributed by atoms with E-state index in [0.29, 0.717) is 23.1 Å². The molecule has 28 heavy (non-hydrogen) atoms. The molecule has 4 aromatic rings. The third kappa shape index (κ3) is 3.65. The second kappa shape index (κ2) is 7.20. The molecule has 0 saturated heterocycles. The molecule has 0 fully saturated rings. The molecule has 0 saturated carbocycles. The van der Waals surface area contributed by atoms with Gasteiger partial charge in [0.1, 0.15) is 22.3 Å². The molecule has 0 radical (unpaired) electrons. The fraction of sp³-hybridized carbons (Fsp3) is 0. The minimum absolute atomic E-state index is 0.142. The Balaban J connectivity index is 1.70. The van der Waals surface area contributed by atoms with Gasteiger partial charge in [0, 0.05) is 17.1 Å². The van der Waals surface area contributed by atoms with Crippen LogP contribution in [0.1, 0.15) is 11.6 Å². The van der Waals surface area contributed by atoms with Crippen molar-refractivity contribution < 1.29 is 14.4 Å². The van der Waals surface area contributed by atoms with E-state index in [1.165, 1.54) is 12.1 Å². The van der Waals surface area contributed by atoms with E-state index >= 15 is 0 Å². The lowest BCUT2D eigenvalue weighted by Crippen LogP contribution is -1.99. The summed E-state index contributed by atoms with van der Waals surface area (Å²) < 4.78 is 5.11. The Morgan fingerprint density at radius 2 is 1.89 bits per heavy atom. The summed E-state index contributed by atoms with van der Waals surface area (Å²) in [6.07, 6.45) is 3.18. The molecule has 0 bridgehead atoms. The molecule has 0 aliphatic heterocycles. The van der Waals surface area contributed by atoms with Gasteiger partial charge in [-0.3, -0.25) is 10.1 Å². The zero-order valence-electron chi connectivity index (χ0n) is 14.4. The highest BCUT2D eigenvalue weighted by molar-refractivity contribution is 5.91. The van der Waals surface area contributed by atoms with Crippen molar-refractivity contribution in [3.05, 3.63) is 82.4 Å². The van der Waals surface area contributed by atoms with Crippen LogP contribution in [0.3, 0.4) is 0 Å². The van der Waals surface area contributed by atoms with Gasteiger partial charge in [-0.1, -0.05) is 18.2 Å². The molecule has 0 unspecified atom stereocenters. The number of hydrogen-bond acceptors (Lipinski definition) is 7. The van der Waals surface area contributed by atoms with Crippen molar-refractivity contribution in [3.63, 3.8) is 0 Å². The van der Waals surface area contributed by atoms with Crippen LogP contribution in [-0.2, 0) is 0 Å². The van der Waals surface area contributed by atoms with E-state index < -0.39 is 4.92 Å². The number of hydrogen-bond donors (Lipinski definition) is 2. The highest BCUT2D eigenvalue weighted by Gasteiger charge is 2.11. The predicted molar refractivity (Wildman–Crippen MR) is 105 cm³/mol. The monoisotopic (exact) mass is 374 g/mol. The second-order valence-electron chi connectivity index (χ2n) is 5.89. The molecule has 0 aliphatic rings. The molecule has 8 heteroatoms. The summed E-state index contributed by atoms with van der Waals surface area (Å²) in [6.45, 7) is 0. The maximum absolute atomic E-state index is 10.7. The van der Waals surface area contributed by atoms with Crippen molar-refractivity contribution in [1.82, 2.24) is 9.97 Å². The van der Waals surface area contributed by atoms with Gasteiger partial charge in [0.05, 0.1) is 11.6 Å². The maximum Gasteiger partial charge on any atom is 0.433 e. The first-order valence-corrected chi connectivity index (χ1v) is 8.34. The largest absolute Gasteiger partial charge is 0.508 e. The number of nitro groups is 1. The van der Waals surface area contributed by atoms with Gasteiger partial charge in [-0.2, -0.15) is 0 Å². The average molecular weight is 374 g/mol. The number of aromatic hydroxyl groups is 1. The number of aromatic nitrogens is 2. The molecule has 2 aromatic carbocycles. The van der Waals surface area contributed by atoms with E-state index in [1.807, 2.05) is 30.3 Å². The first-order chi connectivity index (χ1) is 13.6. The zero-order chi connectivity index (χ0) is 19.5. The van der Waals surface area contributed by atoms with Crippen LogP contribution in [-0.4, -0.2) is 20.0 Å². The lowest BCUT2D eigenvalue weighted by molar-refractivity contribution is -0.402. The van der Waals surface area contributed by atoms with Crippen molar-refractivity contribution in [1.29, 1.82) is 0 Å². The Labute approximate surface area is 158 Å². The zero-order valence-corrected chi connectivity index (χ0v) is 14.4. The molecule has 2 heterocycles. The van der Waals surface area contributed by atoms with Gasteiger partial charge in [0.25, 0.3) is 0 Å². The Morgan fingerprint density at radius 1 is 1.04 bits per heavy atom. The third-order valence-corrected chi connectivity index (χ3v) is 3.92. The fourth-order valence-electron chi connectivity index (χ4n) is 2.67. The molecular formula is C20H14N4O4. The van der Waals surface area contributed by atoms with Gasteiger partial charge in [-0.15, -0.1) is 0 Å². The quantitative estimate of drug-likeness (QED) is 0.382. The number of rotatable bonds is 5. The Hall–Kier alpha value is -4.20. The van der Waals surface area contributed by atoms with E-state index in [2.05, 4.69) is 15.3 Å². The molecule has 2 aromatic heterocycles. The highest BCUT2D eigenvalue weighted by Crippen LogP contribution is 2.26. The lowest BCUT2D eigenvalue weighted by Gasteiger charge is -2.10. The van der Waals surface area contributed by atoms with Crippen molar-refractivity contribution in [3.8, 4) is 5.75 Å². The smallest absolute Gasteiger partial charge is 0.433 e. The van der Waals surface area contributed by atoms with Gasteiger partial charge in [0.2, 0.25) is 0 Å². The molecule has 4 rings (SSSR count). The number of para-hydroxylation sites is 1. The summed E-state index contributed by atoms with van der Waals surface area (Å²) in [5, 5.41) is 24.4.